The smallest absolute Gasteiger partial charge is 0.410 e. The van der Waals surface area contributed by atoms with Gasteiger partial charge in [-0.05, 0) is 32.6 Å². The molecule has 2 heterocycles. The first-order valence-corrected chi connectivity index (χ1v) is 9.11. The largest absolute Gasteiger partial charge is 0.444 e. The Labute approximate surface area is 145 Å². The van der Waals surface area contributed by atoms with Crippen LogP contribution in [0.4, 0.5) is 4.79 Å². The molecule has 1 amide bonds. The second-order valence-corrected chi connectivity index (χ2v) is 8.56. The van der Waals surface area contributed by atoms with E-state index < -0.39 is 5.60 Å². The minimum atomic E-state index is -0.437. The summed E-state index contributed by atoms with van der Waals surface area (Å²) in [7, 11) is 0. The van der Waals surface area contributed by atoms with Crippen LogP contribution in [-0.2, 0) is 4.74 Å². The maximum absolute atomic E-state index is 12.1. The third kappa shape index (κ3) is 2.90. The number of hydrogen-bond acceptors (Lipinski definition) is 5. The molecule has 2 atom stereocenters. The molecule has 1 aromatic heterocycles. The number of carbonyl (C=O) groups is 1. The van der Waals surface area contributed by atoms with E-state index in [1.807, 2.05) is 43.9 Å². The van der Waals surface area contributed by atoms with Crippen molar-refractivity contribution in [3.05, 3.63) is 35.3 Å². The van der Waals surface area contributed by atoms with Crippen molar-refractivity contribution in [2.24, 2.45) is 11.8 Å². The van der Waals surface area contributed by atoms with Crippen molar-refractivity contribution in [2.45, 2.75) is 32.3 Å². The van der Waals surface area contributed by atoms with Crippen molar-refractivity contribution in [2.75, 3.05) is 13.1 Å². The standard InChI is InChI=1S/C18H21N3O2S/c1-18(2,3)23-17(22)21-9-12-13(10-21)14(12)16-20-19-15(24-16)11-7-5-4-6-8-11/h4-8,12-14H,9-10H2,1-3H3. The van der Waals surface area contributed by atoms with Gasteiger partial charge in [-0.15, -0.1) is 10.2 Å². The Morgan fingerprint density at radius 1 is 1.17 bits per heavy atom. The first kappa shape index (κ1) is 15.6. The maximum atomic E-state index is 12.1. The number of nitrogens with zero attached hydrogens (tertiary/aromatic N) is 3. The predicted molar refractivity (Wildman–Crippen MR) is 92.9 cm³/mol. The van der Waals surface area contributed by atoms with Gasteiger partial charge in [0.2, 0.25) is 0 Å². The van der Waals surface area contributed by atoms with Crippen LogP contribution in [-0.4, -0.2) is 39.9 Å². The number of piperidine rings is 1. The lowest BCUT2D eigenvalue weighted by atomic mass is 10.2. The monoisotopic (exact) mass is 343 g/mol. The molecule has 6 heteroatoms. The lowest BCUT2D eigenvalue weighted by Crippen LogP contribution is -2.36. The van der Waals surface area contributed by atoms with E-state index in [9.17, 15) is 4.79 Å². The number of ether oxygens (including phenoxy) is 1. The third-order valence-electron chi connectivity index (χ3n) is 4.59. The molecule has 126 valence electrons. The molecule has 2 aliphatic rings. The molecular weight excluding hydrogens is 322 g/mol. The van der Waals surface area contributed by atoms with Gasteiger partial charge in [-0.3, -0.25) is 0 Å². The fourth-order valence-electron chi connectivity index (χ4n) is 3.43. The lowest BCUT2D eigenvalue weighted by Gasteiger charge is -2.25. The van der Waals surface area contributed by atoms with Gasteiger partial charge in [0.05, 0.1) is 0 Å². The molecule has 0 N–H and O–H groups in total. The molecule has 2 aromatic rings. The molecule has 4 rings (SSSR count). The van der Waals surface area contributed by atoms with Gasteiger partial charge in [-0.2, -0.15) is 0 Å². The molecular formula is C18H21N3O2S. The molecule has 1 saturated carbocycles. The normalized spacial score (nSPS) is 25.5. The fourth-order valence-corrected chi connectivity index (χ4v) is 4.54. The first-order chi connectivity index (χ1) is 11.4. The van der Waals surface area contributed by atoms with Crippen molar-refractivity contribution >= 4 is 17.4 Å². The van der Waals surface area contributed by atoms with Crippen molar-refractivity contribution in [3.8, 4) is 10.6 Å². The van der Waals surface area contributed by atoms with E-state index in [0.717, 1.165) is 28.7 Å². The Bertz CT molecular complexity index is 741. The zero-order valence-corrected chi connectivity index (χ0v) is 14.9. The molecule has 0 radical (unpaired) electrons. The van der Waals surface area contributed by atoms with Crippen LogP contribution in [0.25, 0.3) is 10.6 Å². The van der Waals surface area contributed by atoms with Crippen molar-refractivity contribution in [1.29, 1.82) is 0 Å². The second-order valence-electron chi connectivity index (χ2n) is 7.55. The Morgan fingerprint density at radius 3 is 2.46 bits per heavy atom. The summed E-state index contributed by atoms with van der Waals surface area (Å²) in [6, 6.07) is 10.1. The molecule has 24 heavy (non-hydrogen) atoms. The molecule has 2 unspecified atom stereocenters. The van der Waals surface area contributed by atoms with E-state index in [0.29, 0.717) is 17.8 Å². The van der Waals surface area contributed by atoms with Gasteiger partial charge in [0.1, 0.15) is 15.6 Å². The van der Waals surface area contributed by atoms with E-state index in [2.05, 4.69) is 22.3 Å². The van der Waals surface area contributed by atoms with Gasteiger partial charge in [0.15, 0.2) is 0 Å². The summed E-state index contributed by atoms with van der Waals surface area (Å²) in [5.41, 5.74) is 0.676. The average molecular weight is 343 g/mol. The predicted octanol–water partition coefficient (Wildman–Crippen LogP) is 3.79. The fraction of sp³-hybridized carbons (Fsp3) is 0.500. The highest BCUT2D eigenvalue weighted by Crippen LogP contribution is 2.59. The molecule has 1 aromatic carbocycles. The minimum Gasteiger partial charge on any atom is -0.444 e. The van der Waals surface area contributed by atoms with Gasteiger partial charge >= 0.3 is 6.09 Å². The van der Waals surface area contributed by atoms with Gasteiger partial charge in [0, 0.05) is 24.6 Å². The molecule has 0 spiro atoms. The molecule has 2 fully saturated rings. The Hall–Kier alpha value is -1.95. The van der Waals surface area contributed by atoms with Gasteiger partial charge in [-0.25, -0.2) is 4.79 Å². The number of amides is 1. The highest BCUT2D eigenvalue weighted by atomic mass is 32.1. The molecule has 1 saturated heterocycles. The third-order valence-corrected chi connectivity index (χ3v) is 5.67. The topological polar surface area (TPSA) is 55.3 Å². The van der Waals surface area contributed by atoms with Crippen LogP contribution >= 0.6 is 11.3 Å². The number of hydrogen-bond donors (Lipinski definition) is 0. The molecule has 1 aliphatic carbocycles. The summed E-state index contributed by atoms with van der Waals surface area (Å²) in [6.07, 6.45) is -0.198. The summed E-state index contributed by atoms with van der Waals surface area (Å²) in [5.74, 6) is 1.47. The highest BCUT2D eigenvalue weighted by Gasteiger charge is 2.59. The van der Waals surface area contributed by atoms with Crippen LogP contribution < -0.4 is 0 Å². The Morgan fingerprint density at radius 2 is 1.83 bits per heavy atom. The number of likely N-dealkylation sites (tertiary alicyclic amines) is 1. The van der Waals surface area contributed by atoms with Crippen LogP contribution in [0.1, 0.15) is 31.7 Å². The quantitative estimate of drug-likeness (QED) is 0.832. The summed E-state index contributed by atoms with van der Waals surface area (Å²) < 4.78 is 5.46. The highest BCUT2D eigenvalue weighted by molar-refractivity contribution is 7.14. The zero-order valence-electron chi connectivity index (χ0n) is 14.1. The molecule has 0 bridgehead atoms. The number of rotatable bonds is 2. The summed E-state index contributed by atoms with van der Waals surface area (Å²) in [6.45, 7) is 7.24. The first-order valence-electron chi connectivity index (χ1n) is 8.29. The molecule has 5 nitrogen and oxygen atoms in total. The van der Waals surface area contributed by atoms with Crippen LogP contribution in [0.3, 0.4) is 0 Å². The SMILES string of the molecule is CC(C)(C)OC(=O)N1CC2C(C1)C2c1nnc(-c2ccccc2)s1. The van der Waals surface area contributed by atoms with Crippen molar-refractivity contribution < 1.29 is 9.53 Å². The number of fused-ring (bicyclic) bond motifs is 1. The van der Waals surface area contributed by atoms with Gasteiger partial charge in [-0.1, -0.05) is 41.7 Å². The van der Waals surface area contributed by atoms with E-state index in [1.165, 1.54) is 0 Å². The van der Waals surface area contributed by atoms with Crippen LogP contribution in [0.15, 0.2) is 30.3 Å². The van der Waals surface area contributed by atoms with Gasteiger partial charge < -0.3 is 9.64 Å². The minimum absolute atomic E-state index is 0.198. The number of carbonyl (C=O) groups excluding carboxylic acids is 1. The van der Waals surface area contributed by atoms with E-state index in [4.69, 9.17) is 4.74 Å². The maximum Gasteiger partial charge on any atom is 0.410 e. The van der Waals surface area contributed by atoms with Crippen molar-refractivity contribution in [1.82, 2.24) is 15.1 Å². The van der Waals surface area contributed by atoms with Crippen LogP contribution in [0, 0.1) is 11.8 Å². The zero-order chi connectivity index (χ0) is 16.9. The van der Waals surface area contributed by atoms with E-state index in [-0.39, 0.29) is 6.09 Å². The average Bonchev–Trinajstić information content (AvgIpc) is 2.95. The second kappa shape index (κ2) is 5.55. The number of aromatic nitrogens is 2. The summed E-state index contributed by atoms with van der Waals surface area (Å²) >= 11 is 1.68. The van der Waals surface area contributed by atoms with Crippen LogP contribution in [0.2, 0.25) is 0 Å². The Balaban J connectivity index is 1.39. The number of benzene rings is 1. The Kier molecular flexibility index (Phi) is 3.60. The van der Waals surface area contributed by atoms with E-state index in [1.54, 1.807) is 11.3 Å². The van der Waals surface area contributed by atoms with Crippen LogP contribution in [0.5, 0.6) is 0 Å². The molecule has 1 aliphatic heterocycles. The lowest BCUT2D eigenvalue weighted by molar-refractivity contribution is 0.0271. The van der Waals surface area contributed by atoms with Gasteiger partial charge in [0.25, 0.3) is 0 Å². The van der Waals surface area contributed by atoms with Crippen molar-refractivity contribution in [3.63, 3.8) is 0 Å². The summed E-state index contributed by atoms with van der Waals surface area (Å²) in [4.78, 5) is 14.0. The summed E-state index contributed by atoms with van der Waals surface area (Å²) in [5, 5.41) is 10.8. The van der Waals surface area contributed by atoms with E-state index >= 15 is 0 Å².